The Morgan fingerprint density at radius 3 is 1.93 bits per heavy atom. The SMILES string of the molecule is COC(=O)C1CC(C)CN(C(=O)OC(C)(C)C)C1.COC(=O)C1CNCC(C)C1. The smallest absolute Gasteiger partial charge is 0.410 e. The lowest BCUT2D eigenvalue weighted by atomic mass is 9.91. The molecule has 0 aromatic heterocycles. The van der Waals surface area contributed by atoms with Gasteiger partial charge in [-0.3, -0.25) is 9.59 Å². The average molecular weight is 415 g/mol. The number of ether oxygens (including phenoxy) is 3. The molecule has 2 fully saturated rings. The van der Waals surface area contributed by atoms with Gasteiger partial charge in [-0.05, 0) is 52.0 Å². The minimum Gasteiger partial charge on any atom is -0.469 e. The molecular weight excluding hydrogens is 376 g/mol. The van der Waals surface area contributed by atoms with E-state index in [1.54, 1.807) is 4.90 Å². The van der Waals surface area contributed by atoms with E-state index in [0.717, 1.165) is 25.9 Å². The third-order valence-corrected chi connectivity index (χ3v) is 4.95. The van der Waals surface area contributed by atoms with E-state index < -0.39 is 5.60 Å². The molecule has 0 aliphatic carbocycles. The fourth-order valence-corrected chi connectivity index (χ4v) is 3.67. The Morgan fingerprint density at radius 2 is 1.41 bits per heavy atom. The summed E-state index contributed by atoms with van der Waals surface area (Å²) in [6, 6.07) is 0. The number of piperidine rings is 2. The van der Waals surface area contributed by atoms with E-state index in [1.165, 1.54) is 14.2 Å². The van der Waals surface area contributed by atoms with Crippen molar-refractivity contribution in [3.8, 4) is 0 Å². The van der Waals surface area contributed by atoms with Crippen LogP contribution >= 0.6 is 0 Å². The van der Waals surface area contributed by atoms with E-state index in [9.17, 15) is 14.4 Å². The van der Waals surface area contributed by atoms with Crippen molar-refractivity contribution >= 4 is 18.0 Å². The first kappa shape index (κ1) is 25.2. The van der Waals surface area contributed by atoms with Crippen LogP contribution in [0.15, 0.2) is 0 Å². The summed E-state index contributed by atoms with van der Waals surface area (Å²) >= 11 is 0. The Hall–Kier alpha value is -1.83. The van der Waals surface area contributed by atoms with E-state index >= 15 is 0 Å². The molecule has 2 aliphatic heterocycles. The van der Waals surface area contributed by atoms with Crippen molar-refractivity contribution < 1.29 is 28.6 Å². The summed E-state index contributed by atoms with van der Waals surface area (Å²) in [5, 5.41) is 3.20. The van der Waals surface area contributed by atoms with Crippen LogP contribution in [0.2, 0.25) is 0 Å². The van der Waals surface area contributed by atoms with Crippen LogP contribution in [0.3, 0.4) is 0 Å². The van der Waals surface area contributed by atoms with Crippen molar-refractivity contribution in [2.75, 3.05) is 40.4 Å². The Labute approximate surface area is 174 Å². The molecule has 2 aliphatic rings. The van der Waals surface area contributed by atoms with Crippen molar-refractivity contribution in [1.29, 1.82) is 0 Å². The number of nitrogens with zero attached hydrogens (tertiary/aromatic N) is 1. The lowest BCUT2D eigenvalue weighted by molar-refractivity contribution is -0.148. The van der Waals surface area contributed by atoms with Crippen LogP contribution in [0.5, 0.6) is 0 Å². The predicted octanol–water partition coefficient (Wildman–Crippen LogP) is 2.46. The predicted molar refractivity (Wildman–Crippen MR) is 109 cm³/mol. The van der Waals surface area contributed by atoms with Crippen LogP contribution in [0.25, 0.3) is 0 Å². The van der Waals surface area contributed by atoms with Gasteiger partial charge < -0.3 is 24.4 Å². The first-order valence-corrected chi connectivity index (χ1v) is 10.3. The third kappa shape index (κ3) is 9.02. The summed E-state index contributed by atoms with van der Waals surface area (Å²) in [7, 11) is 2.82. The van der Waals surface area contributed by atoms with Gasteiger partial charge in [0, 0.05) is 19.6 Å². The molecule has 0 aromatic carbocycles. The van der Waals surface area contributed by atoms with Crippen LogP contribution in [0.4, 0.5) is 4.79 Å². The van der Waals surface area contributed by atoms with Crippen molar-refractivity contribution in [3.63, 3.8) is 0 Å². The second-order valence-corrected chi connectivity index (χ2v) is 9.17. The fourth-order valence-electron chi connectivity index (χ4n) is 3.67. The molecule has 0 radical (unpaired) electrons. The standard InChI is InChI=1S/C13H23NO4.C8H15NO2/c1-9-6-10(11(15)17-5)8-14(7-9)12(16)18-13(2,3)4;1-6-3-7(5-9-4-6)8(10)11-2/h9-10H,6-8H2,1-5H3;6-7,9H,3-5H2,1-2H3. The van der Waals surface area contributed by atoms with Crippen LogP contribution in [0.1, 0.15) is 47.5 Å². The molecule has 1 N–H and O–H groups in total. The molecule has 8 nitrogen and oxygen atoms in total. The number of esters is 2. The van der Waals surface area contributed by atoms with Gasteiger partial charge in [0.1, 0.15) is 5.60 Å². The highest BCUT2D eigenvalue weighted by atomic mass is 16.6. The van der Waals surface area contributed by atoms with Crippen LogP contribution in [0, 0.1) is 23.7 Å². The van der Waals surface area contributed by atoms with E-state index in [0.29, 0.717) is 19.0 Å². The highest BCUT2D eigenvalue weighted by Crippen LogP contribution is 2.24. The number of hydrogen-bond acceptors (Lipinski definition) is 7. The number of nitrogens with one attached hydrogen (secondary N) is 1. The van der Waals surface area contributed by atoms with Crippen molar-refractivity contribution in [1.82, 2.24) is 10.2 Å². The molecule has 4 atom stereocenters. The highest BCUT2D eigenvalue weighted by molar-refractivity contribution is 5.75. The number of hydrogen-bond donors (Lipinski definition) is 1. The second kappa shape index (κ2) is 11.4. The van der Waals surface area contributed by atoms with Crippen LogP contribution in [-0.4, -0.2) is 68.9 Å². The average Bonchev–Trinajstić information content (AvgIpc) is 2.65. The van der Waals surface area contributed by atoms with E-state index in [1.807, 2.05) is 27.7 Å². The zero-order valence-electron chi connectivity index (χ0n) is 18.9. The first-order chi connectivity index (χ1) is 13.5. The number of methoxy groups -OCH3 is 2. The Bertz CT molecular complexity index is 560. The van der Waals surface area contributed by atoms with E-state index in [-0.39, 0.29) is 35.8 Å². The van der Waals surface area contributed by atoms with E-state index in [2.05, 4.69) is 17.0 Å². The summed E-state index contributed by atoms with van der Waals surface area (Å²) in [6.45, 7) is 12.5. The number of carbonyl (C=O) groups is 3. The van der Waals surface area contributed by atoms with Crippen molar-refractivity contribution in [2.45, 2.75) is 53.1 Å². The van der Waals surface area contributed by atoms with Crippen molar-refractivity contribution in [2.24, 2.45) is 23.7 Å². The maximum absolute atomic E-state index is 12.0. The van der Waals surface area contributed by atoms with Gasteiger partial charge in [-0.1, -0.05) is 13.8 Å². The van der Waals surface area contributed by atoms with Crippen molar-refractivity contribution in [3.05, 3.63) is 0 Å². The minimum absolute atomic E-state index is 0.0729. The summed E-state index contributed by atoms with van der Waals surface area (Å²) < 4.78 is 14.7. The Morgan fingerprint density at radius 1 is 0.862 bits per heavy atom. The minimum atomic E-state index is -0.515. The molecule has 168 valence electrons. The molecule has 1 amide bonds. The Balaban J connectivity index is 0.000000326. The van der Waals surface area contributed by atoms with Crippen LogP contribution < -0.4 is 5.32 Å². The maximum Gasteiger partial charge on any atom is 0.410 e. The fraction of sp³-hybridized carbons (Fsp3) is 0.857. The molecule has 0 saturated carbocycles. The number of rotatable bonds is 2. The normalized spacial score (nSPS) is 27.2. The molecule has 0 aromatic rings. The number of likely N-dealkylation sites (tertiary alicyclic amines) is 1. The lowest BCUT2D eigenvalue weighted by Gasteiger charge is -2.36. The van der Waals surface area contributed by atoms with Crippen LogP contribution in [-0.2, 0) is 23.8 Å². The van der Waals surface area contributed by atoms with E-state index in [4.69, 9.17) is 9.47 Å². The van der Waals surface area contributed by atoms with Gasteiger partial charge in [-0.25, -0.2) is 4.79 Å². The molecule has 2 saturated heterocycles. The van der Waals surface area contributed by atoms with Gasteiger partial charge in [-0.15, -0.1) is 0 Å². The Kier molecular flexibility index (Phi) is 9.89. The largest absolute Gasteiger partial charge is 0.469 e. The summed E-state index contributed by atoms with van der Waals surface area (Å²) in [5.41, 5.74) is -0.515. The molecular formula is C21H38N2O6. The summed E-state index contributed by atoms with van der Waals surface area (Å²) in [6.07, 6.45) is 1.36. The third-order valence-electron chi connectivity index (χ3n) is 4.95. The zero-order chi connectivity index (χ0) is 22.2. The number of amides is 1. The highest BCUT2D eigenvalue weighted by Gasteiger charge is 2.34. The first-order valence-electron chi connectivity index (χ1n) is 10.3. The molecule has 0 spiro atoms. The summed E-state index contributed by atoms with van der Waals surface area (Å²) in [5.74, 6) is 0.359. The molecule has 2 rings (SSSR count). The zero-order valence-corrected chi connectivity index (χ0v) is 18.9. The number of carbonyl (C=O) groups excluding carboxylic acids is 3. The van der Waals surface area contributed by atoms with Gasteiger partial charge >= 0.3 is 18.0 Å². The molecule has 4 unspecified atom stereocenters. The second-order valence-electron chi connectivity index (χ2n) is 9.17. The maximum atomic E-state index is 12.0. The van der Waals surface area contributed by atoms with Gasteiger partial charge in [0.25, 0.3) is 0 Å². The quantitative estimate of drug-likeness (QED) is 0.548. The topological polar surface area (TPSA) is 94.2 Å². The molecule has 2 heterocycles. The molecule has 8 heteroatoms. The monoisotopic (exact) mass is 414 g/mol. The van der Waals surface area contributed by atoms with Gasteiger partial charge in [0.05, 0.1) is 26.1 Å². The molecule has 0 bridgehead atoms. The van der Waals surface area contributed by atoms with Gasteiger partial charge in [0.15, 0.2) is 0 Å². The molecule has 29 heavy (non-hydrogen) atoms. The lowest BCUT2D eigenvalue weighted by Crippen LogP contribution is -2.47. The summed E-state index contributed by atoms with van der Waals surface area (Å²) in [4.78, 5) is 36.2. The van der Waals surface area contributed by atoms with Gasteiger partial charge in [0.2, 0.25) is 0 Å². The van der Waals surface area contributed by atoms with Gasteiger partial charge in [-0.2, -0.15) is 0 Å².